The summed E-state index contributed by atoms with van der Waals surface area (Å²) in [7, 11) is 0. The van der Waals surface area contributed by atoms with Gasteiger partial charge in [0.15, 0.2) is 0 Å². The highest BCUT2D eigenvalue weighted by Crippen LogP contribution is 2.26. The summed E-state index contributed by atoms with van der Waals surface area (Å²) in [6.07, 6.45) is 3.35. The molecule has 27 heavy (non-hydrogen) atoms. The number of benzene rings is 2. The van der Waals surface area contributed by atoms with Crippen molar-refractivity contribution in [3.8, 4) is 11.3 Å². The zero-order valence-electron chi connectivity index (χ0n) is 14.6. The first-order chi connectivity index (χ1) is 13.1. The fourth-order valence-corrected chi connectivity index (χ4v) is 3.04. The maximum absolute atomic E-state index is 13.0. The number of halogens is 1. The van der Waals surface area contributed by atoms with Crippen molar-refractivity contribution in [1.82, 2.24) is 9.97 Å². The predicted molar refractivity (Wildman–Crippen MR) is 109 cm³/mol. The molecule has 0 saturated carbocycles. The van der Waals surface area contributed by atoms with Crippen LogP contribution in [0.15, 0.2) is 73.1 Å². The van der Waals surface area contributed by atoms with Crippen molar-refractivity contribution < 1.29 is 4.79 Å². The van der Waals surface area contributed by atoms with Crippen LogP contribution in [0, 0.1) is 6.92 Å². The number of para-hydroxylation sites is 1. The molecule has 0 saturated heterocycles. The van der Waals surface area contributed by atoms with Gasteiger partial charge in [-0.3, -0.25) is 9.78 Å². The van der Waals surface area contributed by atoms with Crippen LogP contribution in [-0.4, -0.2) is 15.9 Å². The minimum Gasteiger partial charge on any atom is -0.320 e. The summed E-state index contributed by atoms with van der Waals surface area (Å²) in [5.74, 6) is -0.195. The second-order valence-electron chi connectivity index (χ2n) is 6.22. The van der Waals surface area contributed by atoms with Gasteiger partial charge in [0.1, 0.15) is 0 Å². The van der Waals surface area contributed by atoms with Crippen LogP contribution >= 0.6 is 11.6 Å². The van der Waals surface area contributed by atoms with Crippen LogP contribution in [-0.2, 0) is 0 Å². The number of hydrogen-bond donors (Lipinski definition) is 1. The molecule has 0 radical (unpaired) electrons. The summed E-state index contributed by atoms with van der Waals surface area (Å²) in [5.41, 5.74) is 4.59. The Morgan fingerprint density at radius 2 is 1.81 bits per heavy atom. The molecule has 1 N–H and O–H groups in total. The SMILES string of the molecule is Cc1ccncc1NC(=O)c1cc(-c2ccc(Cl)cc2)nc2ccccc12. The Kier molecular flexibility index (Phi) is 4.57. The number of amides is 1. The van der Waals surface area contributed by atoms with E-state index < -0.39 is 0 Å². The molecule has 2 aromatic carbocycles. The smallest absolute Gasteiger partial charge is 0.256 e. The summed E-state index contributed by atoms with van der Waals surface area (Å²) in [6, 6.07) is 18.7. The molecular weight excluding hydrogens is 358 g/mol. The maximum atomic E-state index is 13.0. The summed E-state index contributed by atoms with van der Waals surface area (Å²) in [6.45, 7) is 1.93. The lowest BCUT2D eigenvalue weighted by Gasteiger charge is -2.12. The number of nitrogens with zero attached hydrogens (tertiary/aromatic N) is 2. The number of anilines is 1. The van der Waals surface area contributed by atoms with Crippen LogP contribution in [0.25, 0.3) is 22.2 Å². The maximum Gasteiger partial charge on any atom is 0.256 e. The van der Waals surface area contributed by atoms with Gasteiger partial charge in [0.05, 0.1) is 28.7 Å². The summed E-state index contributed by atoms with van der Waals surface area (Å²) in [5, 5.41) is 4.41. The van der Waals surface area contributed by atoms with Crippen molar-refractivity contribution in [2.24, 2.45) is 0 Å². The second-order valence-corrected chi connectivity index (χ2v) is 6.66. The van der Waals surface area contributed by atoms with Gasteiger partial charge in [-0.15, -0.1) is 0 Å². The van der Waals surface area contributed by atoms with Crippen LogP contribution in [0.5, 0.6) is 0 Å². The molecule has 0 aliphatic carbocycles. The predicted octanol–water partition coefficient (Wildman–Crippen LogP) is 5.51. The second kappa shape index (κ2) is 7.17. The van der Waals surface area contributed by atoms with E-state index >= 15 is 0 Å². The Morgan fingerprint density at radius 3 is 2.59 bits per heavy atom. The van der Waals surface area contributed by atoms with Crippen LogP contribution in [0.4, 0.5) is 5.69 Å². The third-order valence-corrected chi connectivity index (χ3v) is 4.64. The lowest BCUT2D eigenvalue weighted by atomic mass is 10.0. The normalized spacial score (nSPS) is 10.7. The van der Waals surface area contributed by atoms with Crippen molar-refractivity contribution in [3.63, 3.8) is 0 Å². The molecule has 0 aliphatic rings. The molecule has 2 aromatic heterocycles. The third kappa shape index (κ3) is 3.52. The average Bonchev–Trinajstić information content (AvgIpc) is 2.69. The highest BCUT2D eigenvalue weighted by atomic mass is 35.5. The van der Waals surface area contributed by atoms with Gasteiger partial charge in [0.2, 0.25) is 0 Å². The average molecular weight is 374 g/mol. The van der Waals surface area contributed by atoms with Gasteiger partial charge in [0.25, 0.3) is 5.91 Å². The molecule has 5 heteroatoms. The molecule has 0 unspecified atom stereocenters. The number of fused-ring (bicyclic) bond motifs is 1. The quantitative estimate of drug-likeness (QED) is 0.515. The van der Waals surface area contributed by atoms with E-state index in [1.165, 1.54) is 0 Å². The Labute approximate surface area is 161 Å². The summed E-state index contributed by atoms with van der Waals surface area (Å²) in [4.78, 5) is 21.8. The van der Waals surface area contributed by atoms with Crippen LogP contribution in [0.2, 0.25) is 5.02 Å². The van der Waals surface area contributed by atoms with Crippen molar-refractivity contribution >= 4 is 34.1 Å². The highest BCUT2D eigenvalue weighted by molar-refractivity contribution is 6.30. The Bertz CT molecular complexity index is 1140. The molecule has 132 valence electrons. The minimum absolute atomic E-state index is 0.195. The Balaban J connectivity index is 1.82. The van der Waals surface area contributed by atoms with Crippen LogP contribution in [0.3, 0.4) is 0 Å². The topological polar surface area (TPSA) is 54.9 Å². The van der Waals surface area contributed by atoms with Gasteiger partial charge >= 0.3 is 0 Å². The zero-order chi connectivity index (χ0) is 18.8. The molecule has 4 aromatic rings. The van der Waals surface area contributed by atoms with Crippen LogP contribution < -0.4 is 5.32 Å². The van der Waals surface area contributed by atoms with E-state index in [0.717, 1.165) is 27.7 Å². The third-order valence-electron chi connectivity index (χ3n) is 4.39. The molecule has 0 aliphatic heterocycles. The van der Waals surface area contributed by atoms with E-state index in [4.69, 9.17) is 16.6 Å². The van der Waals surface area contributed by atoms with E-state index in [1.54, 1.807) is 12.4 Å². The standard InChI is InChI=1S/C22H16ClN3O/c1-14-10-11-24-13-21(14)26-22(27)18-12-20(15-6-8-16(23)9-7-15)25-19-5-3-2-4-17(18)19/h2-13H,1H3,(H,26,27). The molecule has 1 amide bonds. The van der Waals surface area contributed by atoms with E-state index in [9.17, 15) is 4.79 Å². The van der Waals surface area contributed by atoms with Crippen molar-refractivity contribution in [1.29, 1.82) is 0 Å². The number of aromatic nitrogens is 2. The summed E-state index contributed by atoms with van der Waals surface area (Å²) < 4.78 is 0. The Hall–Kier alpha value is -3.24. The number of carbonyl (C=O) groups excluding carboxylic acids is 1. The van der Waals surface area contributed by atoms with E-state index in [-0.39, 0.29) is 5.91 Å². The molecule has 0 fully saturated rings. The van der Waals surface area contributed by atoms with Gasteiger partial charge in [0, 0.05) is 22.2 Å². The zero-order valence-corrected chi connectivity index (χ0v) is 15.4. The molecule has 4 rings (SSSR count). The lowest BCUT2D eigenvalue weighted by Crippen LogP contribution is -2.14. The first-order valence-corrected chi connectivity index (χ1v) is 8.87. The van der Waals surface area contributed by atoms with Gasteiger partial charge in [-0.1, -0.05) is 41.9 Å². The summed E-state index contributed by atoms with van der Waals surface area (Å²) >= 11 is 5.99. The number of nitrogens with one attached hydrogen (secondary N) is 1. The van der Waals surface area contributed by atoms with Crippen LogP contribution in [0.1, 0.15) is 15.9 Å². The molecular formula is C22H16ClN3O. The number of hydrogen-bond acceptors (Lipinski definition) is 3. The van der Waals surface area contributed by atoms with Gasteiger partial charge in [-0.05, 0) is 42.8 Å². The monoisotopic (exact) mass is 373 g/mol. The lowest BCUT2D eigenvalue weighted by molar-refractivity contribution is 0.102. The van der Waals surface area contributed by atoms with Crippen molar-refractivity contribution in [3.05, 3.63) is 89.2 Å². The van der Waals surface area contributed by atoms with E-state index in [2.05, 4.69) is 10.3 Å². The minimum atomic E-state index is -0.195. The van der Waals surface area contributed by atoms with Crippen molar-refractivity contribution in [2.45, 2.75) is 6.92 Å². The molecule has 2 heterocycles. The number of aryl methyl sites for hydroxylation is 1. The highest BCUT2D eigenvalue weighted by Gasteiger charge is 2.15. The number of pyridine rings is 2. The first kappa shape index (κ1) is 17.2. The van der Waals surface area contributed by atoms with Gasteiger partial charge in [-0.25, -0.2) is 4.98 Å². The van der Waals surface area contributed by atoms with Crippen molar-refractivity contribution in [2.75, 3.05) is 5.32 Å². The largest absolute Gasteiger partial charge is 0.320 e. The fourth-order valence-electron chi connectivity index (χ4n) is 2.92. The van der Waals surface area contributed by atoms with Gasteiger partial charge in [-0.2, -0.15) is 0 Å². The molecule has 0 atom stereocenters. The molecule has 0 bridgehead atoms. The number of carbonyl (C=O) groups is 1. The molecule has 4 nitrogen and oxygen atoms in total. The Morgan fingerprint density at radius 1 is 1.04 bits per heavy atom. The number of rotatable bonds is 3. The van der Waals surface area contributed by atoms with E-state index in [1.807, 2.05) is 67.6 Å². The molecule has 0 spiro atoms. The van der Waals surface area contributed by atoms with Gasteiger partial charge < -0.3 is 5.32 Å². The fraction of sp³-hybridized carbons (Fsp3) is 0.0455. The van der Waals surface area contributed by atoms with E-state index in [0.29, 0.717) is 16.3 Å². The first-order valence-electron chi connectivity index (χ1n) is 8.49.